The lowest BCUT2D eigenvalue weighted by atomic mass is 10.0. The minimum atomic E-state index is -0.624. The third kappa shape index (κ3) is 4.81. The van der Waals surface area contributed by atoms with Gasteiger partial charge in [-0.25, -0.2) is 5.01 Å². The molecule has 2 amide bonds. The first kappa shape index (κ1) is 22.0. The van der Waals surface area contributed by atoms with Crippen LogP contribution >= 0.6 is 27.5 Å². The molecule has 1 aliphatic rings. The number of anilines is 1. The van der Waals surface area contributed by atoms with Gasteiger partial charge in [0.05, 0.1) is 12.7 Å². The average molecular weight is 517 g/mol. The van der Waals surface area contributed by atoms with Crippen molar-refractivity contribution in [3.05, 3.63) is 87.4 Å². The van der Waals surface area contributed by atoms with Gasteiger partial charge in [0.1, 0.15) is 17.7 Å². The van der Waals surface area contributed by atoms with E-state index in [0.717, 1.165) is 10.0 Å². The molecule has 0 saturated heterocycles. The zero-order valence-corrected chi connectivity index (χ0v) is 19.3. The van der Waals surface area contributed by atoms with E-state index >= 15 is 0 Å². The highest BCUT2D eigenvalue weighted by molar-refractivity contribution is 9.10. The minimum absolute atomic E-state index is 0.272. The summed E-state index contributed by atoms with van der Waals surface area (Å²) in [7, 11) is 1.58. The van der Waals surface area contributed by atoms with Gasteiger partial charge >= 0.3 is 0 Å². The second-order valence-electron chi connectivity index (χ2n) is 6.96. The molecule has 4 rings (SSSR count). The van der Waals surface area contributed by atoms with Gasteiger partial charge in [0, 0.05) is 15.2 Å². The van der Waals surface area contributed by atoms with Crippen molar-refractivity contribution < 1.29 is 19.1 Å². The number of amides is 2. The maximum absolute atomic E-state index is 13.3. The minimum Gasteiger partial charge on any atom is -0.497 e. The molecule has 1 unspecified atom stereocenters. The molecule has 32 heavy (non-hydrogen) atoms. The number of hydrogen-bond acceptors (Lipinski definition) is 5. The highest BCUT2D eigenvalue weighted by Crippen LogP contribution is 2.34. The number of nitrogens with zero attached hydrogens (tertiary/aromatic N) is 1. The molecule has 0 spiro atoms. The summed E-state index contributed by atoms with van der Waals surface area (Å²) in [5.74, 6) is 0.355. The number of fused-ring (bicyclic) bond motifs is 1. The number of halogens is 2. The maximum Gasteiger partial charge on any atom is 0.276 e. The molecule has 1 aliphatic heterocycles. The van der Waals surface area contributed by atoms with Gasteiger partial charge in [-0.15, -0.1) is 0 Å². The van der Waals surface area contributed by atoms with E-state index in [1.165, 1.54) is 5.01 Å². The number of ether oxygens (including phenoxy) is 2. The highest BCUT2D eigenvalue weighted by atomic mass is 79.9. The Morgan fingerprint density at radius 1 is 1.09 bits per heavy atom. The summed E-state index contributed by atoms with van der Waals surface area (Å²) in [4.78, 5) is 25.9. The summed E-state index contributed by atoms with van der Waals surface area (Å²) >= 11 is 9.26. The van der Waals surface area contributed by atoms with E-state index < -0.39 is 12.1 Å². The summed E-state index contributed by atoms with van der Waals surface area (Å²) in [6.07, 6.45) is -0.624. The van der Waals surface area contributed by atoms with Crippen LogP contribution in [0.1, 0.15) is 22.1 Å². The van der Waals surface area contributed by atoms with Gasteiger partial charge in [0.15, 0.2) is 6.61 Å². The SMILES string of the molecule is COc1ccc(C2Nc3ccc(Br)cc3C(=O)N2NC(=O)COc2ccc(Cl)cc2)cc1. The summed E-state index contributed by atoms with van der Waals surface area (Å²) in [6.45, 7) is -0.272. The van der Waals surface area contributed by atoms with Crippen LogP contribution < -0.4 is 20.2 Å². The normalized spacial score (nSPS) is 14.9. The molecule has 1 atom stereocenters. The van der Waals surface area contributed by atoms with E-state index in [4.69, 9.17) is 21.1 Å². The fourth-order valence-corrected chi connectivity index (χ4v) is 3.75. The van der Waals surface area contributed by atoms with E-state index in [2.05, 4.69) is 26.7 Å². The van der Waals surface area contributed by atoms with Crippen LogP contribution in [0.25, 0.3) is 0 Å². The smallest absolute Gasteiger partial charge is 0.276 e. The Morgan fingerprint density at radius 2 is 1.78 bits per heavy atom. The van der Waals surface area contributed by atoms with Crippen molar-refractivity contribution >= 4 is 45.0 Å². The summed E-state index contributed by atoms with van der Waals surface area (Å²) in [5, 5.41) is 5.15. The predicted molar refractivity (Wildman–Crippen MR) is 125 cm³/mol. The van der Waals surface area contributed by atoms with Gasteiger partial charge in [0.2, 0.25) is 0 Å². The maximum atomic E-state index is 13.3. The number of hydrazine groups is 1. The zero-order valence-electron chi connectivity index (χ0n) is 17.0. The van der Waals surface area contributed by atoms with Crippen molar-refractivity contribution in [3.8, 4) is 11.5 Å². The van der Waals surface area contributed by atoms with Crippen molar-refractivity contribution in [1.29, 1.82) is 0 Å². The van der Waals surface area contributed by atoms with Gasteiger partial charge in [-0.05, 0) is 60.2 Å². The third-order valence-electron chi connectivity index (χ3n) is 4.84. The first-order valence-electron chi connectivity index (χ1n) is 9.66. The Labute approximate surface area is 198 Å². The van der Waals surface area contributed by atoms with Crippen LogP contribution in [0.3, 0.4) is 0 Å². The van der Waals surface area contributed by atoms with E-state index in [-0.39, 0.29) is 12.5 Å². The molecule has 0 radical (unpaired) electrons. The molecular formula is C23H19BrClN3O4. The van der Waals surface area contributed by atoms with Gasteiger partial charge in [0.25, 0.3) is 11.8 Å². The summed E-state index contributed by atoms with van der Waals surface area (Å²) in [5.41, 5.74) is 4.54. The van der Waals surface area contributed by atoms with Gasteiger partial charge < -0.3 is 14.8 Å². The quantitative estimate of drug-likeness (QED) is 0.493. The van der Waals surface area contributed by atoms with Crippen molar-refractivity contribution in [2.75, 3.05) is 19.0 Å². The van der Waals surface area contributed by atoms with Crippen LogP contribution in [-0.2, 0) is 4.79 Å². The molecule has 2 N–H and O–H groups in total. The largest absolute Gasteiger partial charge is 0.497 e. The fourth-order valence-electron chi connectivity index (χ4n) is 3.26. The molecule has 0 aromatic heterocycles. The zero-order chi connectivity index (χ0) is 22.7. The molecule has 3 aromatic rings. The van der Waals surface area contributed by atoms with Crippen LogP contribution in [0.15, 0.2) is 71.2 Å². The lowest BCUT2D eigenvalue weighted by Gasteiger charge is -2.37. The number of benzene rings is 3. The van der Waals surface area contributed by atoms with Gasteiger partial charge in [-0.3, -0.25) is 15.0 Å². The Bertz CT molecular complexity index is 1140. The summed E-state index contributed by atoms with van der Waals surface area (Å²) in [6, 6.07) is 19.3. The number of nitrogens with one attached hydrogen (secondary N) is 2. The van der Waals surface area contributed by atoms with E-state index in [1.54, 1.807) is 49.6 Å². The molecule has 9 heteroatoms. The third-order valence-corrected chi connectivity index (χ3v) is 5.59. The second-order valence-corrected chi connectivity index (χ2v) is 8.31. The van der Waals surface area contributed by atoms with E-state index in [1.807, 2.05) is 24.3 Å². The number of carbonyl (C=O) groups excluding carboxylic acids is 2. The molecular weight excluding hydrogens is 498 g/mol. The molecule has 7 nitrogen and oxygen atoms in total. The molecule has 164 valence electrons. The second kappa shape index (κ2) is 9.50. The van der Waals surface area contributed by atoms with Crippen molar-refractivity contribution in [1.82, 2.24) is 10.4 Å². The number of rotatable bonds is 6. The topological polar surface area (TPSA) is 79.9 Å². The Kier molecular flexibility index (Phi) is 6.53. The van der Waals surface area contributed by atoms with Crippen LogP contribution in [0, 0.1) is 0 Å². The molecule has 1 heterocycles. The fraction of sp³-hybridized carbons (Fsp3) is 0.130. The summed E-state index contributed by atoms with van der Waals surface area (Å²) < 4.78 is 11.5. The van der Waals surface area contributed by atoms with E-state index in [9.17, 15) is 9.59 Å². The monoisotopic (exact) mass is 515 g/mol. The molecule has 3 aromatic carbocycles. The van der Waals surface area contributed by atoms with Crippen LogP contribution in [0.4, 0.5) is 5.69 Å². The van der Waals surface area contributed by atoms with Crippen molar-refractivity contribution in [2.24, 2.45) is 0 Å². The van der Waals surface area contributed by atoms with Crippen molar-refractivity contribution in [3.63, 3.8) is 0 Å². The lowest BCUT2D eigenvalue weighted by molar-refractivity contribution is -0.127. The predicted octanol–water partition coefficient (Wildman–Crippen LogP) is 4.79. The highest BCUT2D eigenvalue weighted by Gasteiger charge is 2.34. The first-order chi connectivity index (χ1) is 15.4. The molecule has 0 aliphatic carbocycles. The van der Waals surface area contributed by atoms with Gasteiger partial charge in [-0.2, -0.15) is 0 Å². The van der Waals surface area contributed by atoms with Crippen LogP contribution in [0.5, 0.6) is 11.5 Å². The van der Waals surface area contributed by atoms with Gasteiger partial charge in [-0.1, -0.05) is 39.7 Å². The Balaban J connectivity index is 1.57. The molecule has 0 saturated carbocycles. The number of methoxy groups -OCH3 is 1. The lowest BCUT2D eigenvalue weighted by Crippen LogP contribution is -2.53. The van der Waals surface area contributed by atoms with Crippen LogP contribution in [0.2, 0.25) is 5.02 Å². The standard InChI is InChI=1S/C23H19BrClN3O4/c1-31-17-7-2-14(3-8-17)22-26-20-11-4-15(24)12-19(20)23(30)28(22)27-21(29)13-32-18-9-5-16(25)6-10-18/h2-12,22,26H,13H2,1H3,(H,27,29). The van der Waals surface area contributed by atoms with E-state index in [0.29, 0.717) is 27.8 Å². The Hall–Kier alpha value is -3.23. The number of hydrogen-bond donors (Lipinski definition) is 2. The average Bonchev–Trinajstić information content (AvgIpc) is 2.81. The molecule has 0 fully saturated rings. The van der Waals surface area contributed by atoms with Crippen molar-refractivity contribution in [2.45, 2.75) is 6.17 Å². The number of carbonyl (C=O) groups is 2. The van der Waals surface area contributed by atoms with Crippen LogP contribution in [-0.4, -0.2) is 30.5 Å². The first-order valence-corrected chi connectivity index (χ1v) is 10.8. The Morgan fingerprint density at radius 3 is 2.47 bits per heavy atom. The molecule has 0 bridgehead atoms.